The third-order valence-electron chi connectivity index (χ3n) is 2.61. The minimum absolute atomic E-state index is 0.00162. The van der Waals surface area contributed by atoms with Gasteiger partial charge in [-0.2, -0.15) is 4.99 Å². The van der Waals surface area contributed by atoms with Crippen molar-refractivity contribution in [2.75, 3.05) is 13.1 Å². The molecule has 1 unspecified atom stereocenters. The van der Waals surface area contributed by atoms with E-state index in [9.17, 15) is 4.79 Å². The van der Waals surface area contributed by atoms with Crippen LogP contribution in [0.1, 0.15) is 12.8 Å². The normalized spacial score (nSPS) is 22.2. The number of rotatable bonds is 2. The van der Waals surface area contributed by atoms with Crippen LogP contribution in [-0.2, 0) is 11.8 Å². The Bertz CT molecular complexity index is 401. The van der Waals surface area contributed by atoms with Crippen LogP contribution in [0.4, 0.5) is 0 Å². The van der Waals surface area contributed by atoms with E-state index in [0.29, 0.717) is 12.3 Å². The lowest BCUT2D eigenvalue weighted by Gasteiger charge is -2.02. The molecule has 1 saturated heterocycles. The summed E-state index contributed by atoms with van der Waals surface area (Å²) in [6.07, 6.45) is 3.58. The molecule has 1 fully saturated rings. The van der Waals surface area contributed by atoms with Gasteiger partial charge in [0.2, 0.25) is 5.91 Å². The number of carbonyl (C=O) groups is 1. The zero-order valence-electron chi connectivity index (χ0n) is 8.77. The Kier molecular flexibility index (Phi) is 3.33. The number of nitrogens with zero attached hydrogens (tertiary/aromatic N) is 2. The third-order valence-corrected chi connectivity index (χ3v) is 3.45. The highest BCUT2D eigenvalue weighted by molar-refractivity contribution is 7.07. The zero-order chi connectivity index (χ0) is 10.7. The van der Waals surface area contributed by atoms with Crippen molar-refractivity contribution in [1.82, 2.24) is 9.88 Å². The average molecular weight is 225 g/mol. The van der Waals surface area contributed by atoms with Crippen molar-refractivity contribution in [2.45, 2.75) is 12.8 Å². The van der Waals surface area contributed by atoms with Gasteiger partial charge in [0.25, 0.3) is 0 Å². The lowest BCUT2D eigenvalue weighted by atomic mass is 10.1. The molecule has 1 aliphatic heterocycles. The monoisotopic (exact) mass is 225 g/mol. The molecule has 15 heavy (non-hydrogen) atoms. The lowest BCUT2D eigenvalue weighted by Crippen LogP contribution is -2.16. The highest BCUT2D eigenvalue weighted by atomic mass is 32.1. The zero-order valence-corrected chi connectivity index (χ0v) is 9.59. The van der Waals surface area contributed by atoms with Crippen LogP contribution >= 0.6 is 11.3 Å². The fraction of sp³-hybridized carbons (Fsp3) is 0.600. The van der Waals surface area contributed by atoms with Crippen molar-refractivity contribution in [2.24, 2.45) is 18.0 Å². The van der Waals surface area contributed by atoms with E-state index in [4.69, 9.17) is 0 Å². The SMILES string of the molecule is Cn1ccsc1=NC(=O)CC1CCNC1. The second kappa shape index (κ2) is 4.72. The van der Waals surface area contributed by atoms with E-state index in [-0.39, 0.29) is 5.91 Å². The largest absolute Gasteiger partial charge is 0.327 e. The molecule has 0 aromatic carbocycles. The van der Waals surface area contributed by atoms with E-state index >= 15 is 0 Å². The minimum atomic E-state index is 0.00162. The Morgan fingerprint density at radius 2 is 2.67 bits per heavy atom. The predicted molar refractivity (Wildman–Crippen MR) is 59.5 cm³/mol. The molecule has 82 valence electrons. The molecule has 5 heteroatoms. The van der Waals surface area contributed by atoms with E-state index < -0.39 is 0 Å². The second-order valence-corrected chi connectivity index (χ2v) is 4.74. The molecule has 1 N–H and O–H groups in total. The summed E-state index contributed by atoms with van der Waals surface area (Å²) in [4.78, 5) is 16.5. The first-order valence-corrected chi connectivity index (χ1v) is 6.02. The highest BCUT2D eigenvalue weighted by Gasteiger charge is 2.17. The Labute approximate surface area is 92.7 Å². The number of hydrogen-bond donors (Lipinski definition) is 1. The first kappa shape index (κ1) is 10.6. The topological polar surface area (TPSA) is 46.4 Å². The number of aryl methyl sites for hydroxylation is 1. The molecule has 0 spiro atoms. The van der Waals surface area contributed by atoms with Crippen LogP contribution in [0.5, 0.6) is 0 Å². The van der Waals surface area contributed by atoms with Crippen LogP contribution in [0.3, 0.4) is 0 Å². The van der Waals surface area contributed by atoms with Gasteiger partial charge >= 0.3 is 0 Å². The summed E-state index contributed by atoms with van der Waals surface area (Å²) >= 11 is 1.50. The maximum Gasteiger partial charge on any atom is 0.248 e. The number of carbonyl (C=O) groups excluding carboxylic acids is 1. The van der Waals surface area contributed by atoms with Crippen LogP contribution in [0, 0.1) is 5.92 Å². The van der Waals surface area contributed by atoms with Gasteiger partial charge in [0.05, 0.1) is 0 Å². The van der Waals surface area contributed by atoms with Crippen molar-refractivity contribution < 1.29 is 4.79 Å². The second-order valence-electron chi connectivity index (χ2n) is 3.86. The summed E-state index contributed by atoms with van der Waals surface area (Å²) in [6.45, 7) is 1.99. The van der Waals surface area contributed by atoms with Crippen LogP contribution in [0.25, 0.3) is 0 Å². The van der Waals surface area contributed by atoms with Gasteiger partial charge in [0.1, 0.15) is 0 Å². The van der Waals surface area contributed by atoms with E-state index in [2.05, 4.69) is 10.3 Å². The van der Waals surface area contributed by atoms with E-state index in [0.717, 1.165) is 24.3 Å². The van der Waals surface area contributed by atoms with Gasteiger partial charge in [0.15, 0.2) is 4.80 Å². The van der Waals surface area contributed by atoms with Gasteiger partial charge in [-0.25, -0.2) is 0 Å². The molecule has 1 aliphatic rings. The summed E-state index contributed by atoms with van der Waals surface area (Å²) in [7, 11) is 1.90. The number of amides is 1. The smallest absolute Gasteiger partial charge is 0.248 e. The number of aromatic nitrogens is 1. The minimum Gasteiger partial charge on any atom is -0.327 e. The van der Waals surface area contributed by atoms with Gasteiger partial charge in [-0.05, 0) is 25.4 Å². The van der Waals surface area contributed by atoms with Crippen molar-refractivity contribution in [3.05, 3.63) is 16.4 Å². The Balaban J connectivity index is 2.00. The first-order chi connectivity index (χ1) is 7.25. The number of thiazole rings is 1. The summed E-state index contributed by atoms with van der Waals surface area (Å²) in [5.41, 5.74) is 0. The molecule has 1 atom stereocenters. The van der Waals surface area contributed by atoms with Gasteiger partial charge in [-0.3, -0.25) is 4.79 Å². The first-order valence-electron chi connectivity index (χ1n) is 5.14. The maximum atomic E-state index is 11.6. The molecule has 1 aromatic rings. The van der Waals surface area contributed by atoms with Crippen LogP contribution in [-0.4, -0.2) is 23.6 Å². The Morgan fingerprint density at radius 3 is 3.27 bits per heavy atom. The van der Waals surface area contributed by atoms with Crippen LogP contribution < -0.4 is 10.1 Å². The molecule has 0 bridgehead atoms. The highest BCUT2D eigenvalue weighted by Crippen LogP contribution is 2.12. The number of hydrogen-bond acceptors (Lipinski definition) is 3. The molecule has 2 heterocycles. The van der Waals surface area contributed by atoms with Crippen molar-refractivity contribution in [3.8, 4) is 0 Å². The van der Waals surface area contributed by atoms with Gasteiger partial charge in [0, 0.05) is 25.0 Å². The Hall–Kier alpha value is -0.940. The van der Waals surface area contributed by atoms with Crippen LogP contribution in [0.2, 0.25) is 0 Å². The molecule has 2 rings (SSSR count). The van der Waals surface area contributed by atoms with E-state index in [1.54, 1.807) is 0 Å². The molecule has 1 aromatic heterocycles. The van der Waals surface area contributed by atoms with E-state index in [1.165, 1.54) is 11.3 Å². The average Bonchev–Trinajstić information content (AvgIpc) is 2.79. The Morgan fingerprint density at radius 1 is 1.80 bits per heavy atom. The summed E-state index contributed by atoms with van der Waals surface area (Å²) in [5, 5.41) is 5.19. The van der Waals surface area contributed by atoms with Gasteiger partial charge in [-0.1, -0.05) is 0 Å². The quantitative estimate of drug-likeness (QED) is 0.797. The molecular weight excluding hydrogens is 210 g/mol. The molecule has 0 radical (unpaired) electrons. The molecule has 0 saturated carbocycles. The van der Waals surface area contributed by atoms with Crippen LogP contribution in [0.15, 0.2) is 16.6 Å². The number of nitrogens with one attached hydrogen (secondary N) is 1. The molecule has 0 aliphatic carbocycles. The van der Waals surface area contributed by atoms with Crippen molar-refractivity contribution in [1.29, 1.82) is 0 Å². The van der Waals surface area contributed by atoms with Gasteiger partial charge in [-0.15, -0.1) is 11.3 Å². The molecule has 4 nitrogen and oxygen atoms in total. The lowest BCUT2D eigenvalue weighted by molar-refractivity contribution is -0.118. The molecular formula is C10H15N3OS. The van der Waals surface area contributed by atoms with Gasteiger partial charge < -0.3 is 9.88 Å². The summed E-state index contributed by atoms with van der Waals surface area (Å²) in [6, 6.07) is 0. The third kappa shape index (κ3) is 2.76. The maximum absolute atomic E-state index is 11.6. The fourth-order valence-corrected chi connectivity index (χ4v) is 2.47. The summed E-state index contributed by atoms with van der Waals surface area (Å²) in [5.74, 6) is 0.480. The van der Waals surface area contributed by atoms with E-state index in [1.807, 2.05) is 23.2 Å². The van der Waals surface area contributed by atoms with Crippen molar-refractivity contribution >= 4 is 17.2 Å². The van der Waals surface area contributed by atoms with Crippen molar-refractivity contribution in [3.63, 3.8) is 0 Å². The standard InChI is InChI=1S/C10H15N3OS/c1-13-4-5-15-10(13)12-9(14)6-8-2-3-11-7-8/h4-5,8,11H,2-3,6-7H2,1H3. The fourth-order valence-electron chi connectivity index (χ4n) is 1.72. The molecule has 1 amide bonds. The predicted octanol–water partition coefficient (Wildman–Crippen LogP) is 0.513. The summed E-state index contributed by atoms with van der Waals surface area (Å²) < 4.78 is 1.87.